The molecule has 0 bridgehead atoms. The van der Waals surface area contributed by atoms with Crippen LogP contribution in [0.4, 0.5) is 0 Å². The Balaban J connectivity index is 2.21. The van der Waals surface area contributed by atoms with Crippen molar-refractivity contribution in [1.29, 1.82) is 0 Å². The largest absolute Gasteiger partial charge is 0.490 e. The molecular weight excluding hydrogens is 240 g/mol. The van der Waals surface area contributed by atoms with Crippen molar-refractivity contribution in [2.75, 3.05) is 33.5 Å². The van der Waals surface area contributed by atoms with Gasteiger partial charge >= 0.3 is 0 Å². The van der Waals surface area contributed by atoms with Crippen LogP contribution in [0.5, 0.6) is 5.75 Å². The van der Waals surface area contributed by atoms with Gasteiger partial charge in [0.05, 0.1) is 31.7 Å². The van der Waals surface area contributed by atoms with E-state index >= 15 is 0 Å². The Bertz CT molecular complexity index is 343. The third kappa shape index (κ3) is 5.58. The molecule has 0 saturated carbocycles. The fourth-order valence-corrected chi connectivity index (χ4v) is 1.19. The Morgan fingerprint density at radius 2 is 2.06 bits per heavy atom. The number of hydrogen-bond donors (Lipinski definition) is 1. The van der Waals surface area contributed by atoms with Crippen LogP contribution in [-0.4, -0.2) is 43.5 Å². The molecule has 17 heavy (non-hydrogen) atoms. The first-order valence-electron chi connectivity index (χ1n) is 5.19. The van der Waals surface area contributed by atoms with E-state index in [-0.39, 0.29) is 4.99 Å². The second-order valence-electron chi connectivity index (χ2n) is 3.20. The zero-order valence-electron chi connectivity index (χ0n) is 9.72. The van der Waals surface area contributed by atoms with Gasteiger partial charge in [-0.15, -0.1) is 0 Å². The third-order valence-corrected chi connectivity index (χ3v) is 2.13. The number of rotatable bonds is 8. The number of nitrogens with two attached hydrogens (primary N) is 1. The molecular formula is C11H16N2O3S. The van der Waals surface area contributed by atoms with E-state index in [4.69, 9.17) is 32.2 Å². The summed E-state index contributed by atoms with van der Waals surface area (Å²) in [6, 6.07) is 3.50. The van der Waals surface area contributed by atoms with Gasteiger partial charge < -0.3 is 19.9 Å². The van der Waals surface area contributed by atoms with Crippen molar-refractivity contribution in [3.8, 4) is 5.75 Å². The lowest BCUT2D eigenvalue weighted by Crippen LogP contribution is -2.12. The van der Waals surface area contributed by atoms with Gasteiger partial charge in [-0.1, -0.05) is 12.2 Å². The topological polar surface area (TPSA) is 66.6 Å². The van der Waals surface area contributed by atoms with Gasteiger partial charge in [-0.25, -0.2) is 4.98 Å². The Hall–Kier alpha value is -1.24. The maximum absolute atomic E-state index is 5.43. The van der Waals surface area contributed by atoms with Crippen molar-refractivity contribution >= 4 is 17.2 Å². The van der Waals surface area contributed by atoms with Crippen LogP contribution in [0.3, 0.4) is 0 Å². The molecule has 0 aliphatic carbocycles. The molecule has 0 unspecified atom stereocenters. The van der Waals surface area contributed by atoms with Crippen LogP contribution in [0, 0.1) is 0 Å². The standard InChI is InChI=1S/C11H16N2O3S/c1-14-4-5-15-6-7-16-9-2-3-10(11(12)17)13-8-9/h2-3,8H,4-7H2,1H3,(H2,12,17). The van der Waals surface area contributed by atoms with Gasteiger partial charge in [0, 0.05) is 7.11 Å². The van der Waals surface area contributed by atoms with Crippen LogP contribution in [0.25, 0.3) is 0 Å². The summed E-state index contributed by atoms with van der Waals surface area (Å²) in [6.45, 7) is 2.14. The van der Waals surface area contributed by atoms with Crippen molar-refractivity contribution < 1.29 is 14.2 Å². The molecule has 1 rings (SSSR count). The van der Waals surface area contributed by atoms with Gasteiger partial charge in [-0.3, -0.25) is 0 Å². The van der Waals surface area contributed by atoms with Crippen LogP contribution < -0.4 is 10.5 Å². The van der Waals surface area contributed by atoms with Gasteiger partial charge in [0.25, 0.3) is 0 Å². The monoisotopic (exact) mass is 256 g/mol. The summed E-state index contributed by atoms with van der Waals surface area (Å²) in [6.07, 6.45) is 1.59. The highest BCUT2D eigenvalue weighted by Crippen LogP contribution is 2.08. The van der Waals surface area contributed by atoms with Gasteiger partial charge in [0.2, 0.25) is 0 Å². The number of aromatic nitrogens is 1. The Kier molecular flexibility index (Phi) is 6.46. The average molecular weight is 256 g/mol. The van der Waals surface area contributed by atoms with Crippen LogP contribution in [-0.2, 0) is 9.47 Å². The summed E-state index contributed by atoms with van der Waals surface area (Å²) >= 11 is 4.79. The van der Waals surface area contributed by atoms with Gasteiger partial charge in [-0.05, 0) is 12.1 Å². The van der Waals surface area contributed by atoms with E-state index in [1.165, 1.54) is 0 Å². The highest BCUT2D eigenvalue weighted by molar-refractivity contribution is 7.80. The molecule has 2 N–H and O–H groups in total. The first-order chi connectivity index (χ1) is 8.24. The molecule has 0 fully saturated rings. The van der Waals surface area contributed by atoms with Crippen LogP contribution in [0.1, 0.15) is 5.69 Å². The maximum Gasteiger partial charge on any atom is 0.137 e. The molecule has 0 spiro atoms. The molecule has 5 nitrogen and oxygen atoms in total. The van der Waals surface area contributed by atoms with E-state index in [0.29, 0.717) is 37.9 Å². The van der Waals surface area contributed by atoms with E-state index in [1.54, 1.807) is 25.4 Å². The second-order valence-corrected chi connectivity index (χ2v) is 3.64. The lowest BCUT2D eigenvalue weighted by Gasteiger charge is -2.07. The highest BCUT2D eigenvalue weighted by atomic mass is 32.1. The molecule has 0 saturated heterocycles. The third-order valence-electron chi connectivity index (χ3n) is 1.92. The summed E-state index contributed by atoms with van der Waals surface area (Å²) in [7, 11) is 1.63. The summed E-state index contributed by atoms with van der Waals surface area (Å²) in [5.74, 6) is 0.667. The van der Waals surface area contributed by atoms with E-state index < -0.39 is 0 Å². The smallest absolute Gasteiger partial charge is 0.137 e. The molecule has 0 aliphatic rings. The van der Waals surface area contributed by atoms with Crippen molar-refractivity contribution in [3.63, 3.8) is 0 Å². The molecule has 1 aromatic rings. The maximum atomic E-state index is 5.43. The molecule has 6 heteroatoms. The van der Waals surface area contributed by atoms with Gasteiger partial charge in [-0.2, -0.15) is 0 Å². The lowest BCUT2D eigenvalue weighted by atomic mass is 10.3. The molecule has 1 heterocycles. The lowest BCUT2D eigenvalue weighted by molar-refractivity contribution is 0.0544. The molecule has 0 aliphatic heterocycles. The fraction of sp³-hybridized carbons (Fsp3) is 0.455. The number of ether oxygens (including phenoxy) is 3. The number of thiocarbonyl (C=S) groups is 1. The first-order valence-corrected chi connectivity index (χ1v) is 5.60. The minimum Gasteiger partial charge on any atom is -0.490 e. The average Bonchev–Trinajstić information content (AvgIpc) is 2.34. The number of methoxy groups -OCH3 is 1. The van der Waals surface area contributed by atoms with E-state index in [1.807, 2.05) is 0 Å². The Labute approximate surface area is 106 Å². The molecule has 0 atom stereocenters. The summed E-state index contributed by atoms with van der Waals surface area (Å²) in [5.41, 5.74) is 6.02. The molecule has 0 amide bonds. The highest BCUT2D eigenvalue weighted by Gasteiger charge is 1.99. The normalized spacial score (nSPS) is 10.2. The van der Waals surface area contributed by atoms with Crippen LogP contribution in [0.2, 0.25) is 0 Å². The summed E-state index contributed by atoms with van der Waals surface area (Å²) in [5, 5.41) is 0. The zero-order chi connectivity index (χ0) is 12.5. The van der Waals surface area contributed by atoms with Crippen molar-refractivity contribution in [3.05, 3.63) is 24.0 Å². The minimum absolute atomic E-state index is 0.277. The van der Waals surface area contributed by atoms with Crippen molar-refractivity contribution in [1.82, 2.24) is 4.98 Å². The fourth-order valence-electron chi connectivity index (χ4n) is 1.07. The van der Waals surface area contributed by atoms with E-state index in [2.05, 4.69) is 4.98 Å². The first kappa shape index (κ1) is 13.8. The van der Waals surface area contributed by atoms with Gasteiger partial charge in [0.1, 0.15) is 17.3 Å². The molecule has 94 valence electrons. The van der Waals surface area contributed by atoms with E-state index in [9.17, 15) is 0 Å². The number of nitrogens with zero attached hydrogens (tertiary/aromatic N) is 1. The Morgan fingerprint density at radius 3 is 2.65 bits per heavy atom. The van der Waals surface area contributed by atoms with E-state index in [0.717, 1.165) is 0 Å². The van der Waals surface area contributed by atoms with Crippen molar-refractivity contribution in [2.24, 2.45) is 5.73 Å². The predicted molar refractivity (Wildman–Crippen MR) is 68.3 cm³/mol. The molecule has 1 aromatic heterocycles. The van der Waals surface area contributed by atoms with Gasteiger partial charge in [0.15, 0.2) is 0 Å². The molecule has 0 aromatic carbocycles. The number of pyridine rings is 1. The molecule has 0 radical (unpaired) electrons. The summed E-state index contributed by atoms with van der Waals surface area (Å²) < 4.78 is 15.5. The van der Waals surface area contributed by atoms with Crippen LogP contribution >= 0.6 is 12.2 Å². The SMILES string of the molecule is COCCOCCOc1ccc(C(N)=S)nc1. The minimum atomic E-state index is 0.277. The summed E-state index contributed by atoms with van der Waals surface area (Å²) in [4.78, 5) is 4.33. The Morgan fingerprint density at radius 1 is 1.29 bits per heavy atom. The van der Waals surface area contributed by atoms with Crippen molar-refractivity contribution in [2.45, 2.75) is 0 Å². The number of hydrogen-bond acceptors (Lipinski definition) is 5. The zero-order valence-corrected chi connectivity index (χ0v) is 10.5. The van der Waals surface area contributed by atoms with Crippen LogP contribution in [0.15, 0.2) is 18.3 Å². The quantitative estimate of drug-likeness (QED) is 0.547. The predicted octanol–water partition coefficient (Wildman–Crippen LogP) is 0.758. The second kappa shape index (κ2) is 7.94.